The molecule has 7 aromatic carbocycles. The third-order valence-corrected chi connectivity index (χ3v) is 8.11. The van der Waals surface area contributed by atoms with Gasteiger partial charge in [0.15, 0.2) is 0 Å². The van der Waals surface area contributed by atoms with Gasteiger partial charge < -0.3 is 0 Å². The van der Waals surface area contributed by atoms with Gasteiger partial charge in [0.25, 0.3) is 0 Å². The Morgan fingerprint density at radius 1 is 0.359 bits per heavy atom. The van der Waals surface area contributed by atoms with E-state index in [0.717, 1.165) is 0 Å². The summed E-state index contributed by atoms with van der Waals surface area (Å²) in [5, 5.41) is 7.71. The Labute approximate surface area is 230 Å². The molecule has 0 amide bonds. The van der Waals surface area contributed by atoms with Gasteiger partial charge in [-0.25, -0.2) is 0 Å². The van der Waals surface area contributed by atoms with Gasteiger partial charge in [-0.1, -0.05) is 126 Å². The molecule has 0 spiro atoms. The van der Waals surface area contributed by atoms with Crippen molar-refractivity contribution in [1.82, 2.24) is 0 Å². The molecule has 0 fully saturated rings. The molecule has 0 atom stereocenters. The molecule has 0 nitrogen and oxygen atoms in total. The molecule has 0 radical (unpaired) electrons. The van der Waals surface area contributed by atoms with E-state index in [1.54, 1.807) is 0 Å². The molecule has 0 aliphatic heterocycles. The largest absolute Gasteiger partial charge is 0.0616 e. The highest BCUT2D eigenvalue weighted by molar-refractivity contribution is 6.24. The summed E-state index contributed by atoms with van der Waals surface area (Å²) in [6, 6.07) is 47.2. The van der Waals surface area contributed by atoms with Crippen molar-refractivity contribution < 1.29 is 0 Å². The molecule has 0 saturated carbocycles. The van der Waals surface area contributed by atoms with E-state index in [1.165, 1.54) is 82.4 Å². The maximum absolute atomic E-state index is 2.40. The first-order valence-corrected chi connectivity index (χ1v) is 13.7. The van der Waals surface area contributed by atoms with Crippen LogP contribution in [0.5, 0.6) is 0 Å². The topological polar surface area (TPSA) is 0 Å². The zero-order valence-corrected chi connectivity index (χ0v) is 22.6. The van der Waals surface area contributed by atoms with Crippen LogP contribution in [0.15, 0.2) is 127 Å². The smallest absolute Gasteiger partial charge is 0.00199 e. The summed E-state index contributed by atoms with van der Waals surface area (Å²) < 4.78 is 0. The fourth-order valence-electron chi connectivity index (χ4n) is 6.14. The van der Waals surface area contributed by atoms with E-state index >= 15 is 0 Å². The minimum Gasteiger partial charge on any atom is -0.0616 e. The van der Waals surface area contributed by atoms with Crippen LogP contribution in [0.1, 0.15) is 16.7 Å². The van der Waals surface area contributed by atoms with Crippen LogP contribution >= 0.6 is 0 Å². The number of fused-ring (bicyclic) bond motifs is 3. The van der Waals surface area contributed by atoms with Gasteiger partial charge in [0.2, 0.25) is 0 Å². The minimum atomic E-state index is 1.24. The first-order chi connectivity index (χ1) is 19.1. The highest BCUT2D eigenvalue weighted by atomic mass is 14.2. The lowest BCUT2D eigenvalue weighted by molar-refractivity contribution is 1.40. The van der Waals surface area contributed by atoms with Crippen molar-refractivity contribution in [3.63, 3.8) is 0 Å². The van der Waals surface area contributed by atoms with Gasteiger partial charge >= 0.3 is 0 Å². The molecule has 39 heavy (non-hydrogen) atoms. The first-order valence-electron chi connectivity index (χ1n) is 13.7. The molecule has 0 aliphatic carbocycles. The number of hydrogen-bond acceptors (Lipinski definition) is 0. The SMILES string of the molecule is Cc1ccc(-c2cc(-c3c4ccccc4c(-c4cc(C)ccc4C)c4ccccc34)c3ccccc3c2)cc1. The first kappa shape index (κ1) is 23.4. The van der Waals surface area contributed by atoms with Crippen LogP contribution in [0.2, 0.25) is 0 Å². The number of rotatable bonds is 3. The van der Waals surface area contributed by atoms with Gasteiger partial charge in [-0.15, -0.1) is 0 Å². The summed E-state index contributed by atoms with van der Waals surface area (Å²) in [5.41, 5.74) is 11.6. The maximum atomic E-state index is 2.40. The maximum Gasteiger partial charge on any atom is -0.00199 e. The summed E-state index contributed by atoms with van der Waals surface area (Å²) >= 11 is 0. The van der Waals surface area contributed by atoms with Crippen LogP contribution in [0, 0.1) is 20.8 Å². The quantitative estimate of drug-likeness (QED) is 0.213. The second-order valence-corrected chi connectivity index (χ2v) is 10.8. The van der Waals surface area contributed by atoms with Crippen molar-refractivity contribution in [2.75, 3.05) is 0 Å². The Hall–Kier alpha value is -4.68. The molecule has 0 heteroatoms. The second kappa shape index (κ2) is 9.26. The lowest BCUT2D eigenvalue weighted by Crippen LogP contribution is -1.94. The van der Waals surface area contributed by atoms with E-state index in [9.17, 15) is 0 Å². The van der Waals surface area contributed by atoms with Crippen molar-refractivity contribution in [3.8, 4) is 33.4 Å². The number of hydrogen-bond donors (Lipinski definition) is 0. The van der Waals surface area contributed by atoms with Crippen LogP contribution < -0.4 is 0 Å². The lowest BCUT2D eigenvalue weighted by Gasteiger charge is -2.20. The van der Waals surface area contributed by atoms with Crippen LogP contribution in [0.25, 0.3) is 65.7 Å². The monoisotopic (exact) mass is 498 g/mol. The summed E-state index contributed by atoms with van der Waals surface area (Å²) in [5.74, 6) is 0. The fourth-order valence-corrected chi connectivity index (χ4v) is 6.14. The average molecular weight is 499 g/mol. The van der Waals surface area contributed by atoms with Crippen LogP contribution in [0.4, 0.5) is 0 Å². The molecule has 0 aromatic heterocycles. The van der Waals surface area contributed by atoms with Crippen LogP contribution in [0.3, 0.4) is 0 Å². The van der Waals surface area contributed by atoms with Gasteiger partial charge in [0.1, 0.15) is 0 Å². The molecule has 0 aliphatic rings. The van der Waals surface area contributed by atoms with Gasteiger partial charge in [-0.2, -0.15) is 0 Å². The predicted molar refractivity (Wildman–Crippen MR) is 169 cm³/mol. The van der Waals surface area contributed by atoms with E-state index < -0.39 is 0 Å². The Balaban J connectivity index is 1.65. The van der Waals surface area contributed by atoms with Gasteiger partial charge in [0, 0.05) is 0 Å². The summed E-state index contributed by atoms with van der Waals surface area (Å²) in [4.78, 5) is 0. The number of aryl methyl sites for hydroxylation is 3. The molecule has 186 valence electrons. The van der Waals surface area contributed by atoms with Crippen LogP contribution in [-0.2, 0) is 0 Å². The van der Waals surface area contributed by atoms with E-state index in [0.29, 0.717) is 0 Å². The third-order valence-electron chi connectivity index (χ3n) is 8.11. The van der Waals surface area contributed by atoms with Crippen molar-refractivity contribution in [1.29, 1.82) is 0 Å². The summed E-state index contributed by atoms with van der Waals surface area (Å²) in [6.45, 7) is 6.56. The Morgan fingerprint density at radius 3 is 1.49 bits per heavy atom. The zero-order valence-electron chi connectivity index (χ0n) is 22.6. The van der Waals surface area contributed by atoms with E-state index in [2.05, 4.69) is 148 Å². The Bertz CT molecular complexity index is 1970. The van der Waals surface area contributed by atoms with Crippen molar-refractivity contribution in [2.24, 2.45) is 0 Å². The van der Waals surface area contributed by atoms with Crippen molar-refractivity contribution in [2.45, 2.75) is 20.8 Å². The molecule has 7 aromatic rings. The van der Waals surface area contributed by atoms with E-state index in [-0.39, 0.29) is 0 Å². The Kier molecular flexibility index (Phi) is 5.56. The summed E-state index contributed by atoms with van der Waals surface area (Å²) in [7, 11) is 0. The summed E-state index contributed by atoms with van der Waals surface area (Å²) in [6.07, 6.45) is 0. The molecular formula is C39H30. The predicted octanol–water partition coefficient (Wildman–Crippen LogP) is 11.1. The van der Waals surface area contributed by atoms with Gasteiger partial charge in [0.05, 0.1) is 0 Å². The molecular weight excluding hydrogens is 468 g/mol. The molecule has 0 bridgehead atoms. The van der Waals surface area contributed by atoms with Crippen molar-refractivity contribution in [3.05, 3.63) is 144 Å². The average Bonchev–Trinajstić information content (AvgIpc) is 2.97. The second-order valence-electron chi connectivity index (χ2n) is 10.8. The zero-order chi connectivity index (χ0) is 26.5. The van der Waals surface area contributed by atoms with E-state index in [4.69, 9.17) is 0 Å². The molecule has 0 N–H and O–H groups in total. The highest BCUT2D eigenvalue weighted by Gasteiger charge is 2.19. The van der Waals surface area contributed by atoms with Crippen LogP contribution in [-0.4, -0.2) is 0 Å². The highest BCUT2D eigenvalue weighted by Crippen LogP contribution is 2.46. The van der Waals surface area contributed by atoms with Gasteiger partial charge in [-0.3, -0.25) is 0 Å². The standard InChI is InChI=1S/C39H30/c1-25-17-20-28(21-18-25)30-23-29-10-4-5-11-31(29)37(24-30)39-34-14-8-6-12-32(34)38(33-13-7-9-15-35(33)39)36-22-26(2)16-19-27(36)3/h4-24H,1-3H3. The normalized spacial score (nSPS) is 11.5. The Morgan fingerprint density at radius 2 is 0.872 bits per heavy atom. The molecule has 7 rings (SSSR count). The molecule has 0 unspecified atom stereocenters. The fraction of sp³-hybridized carbons (Fsp3) is 0.0769. The lowest BCUT2D eigenvalue weighted by atomic mass is 9.83. The molecule has 0 saturated heterocycles. The minimum absolute atomic E-state index is 1.24. The third kappa shape index (κ3) is 3.92. The molecule has 0 heterocycles. The van der Waals surface area contributed by atoms with E-state index in [1.807, 2.05) is 0 Å². The van der Waals surface area contributed by atoms with Crippen molar-refractivity contribution >= 4 is 32.3 Å². The van der Waals surface area contributed by atoms with Gasteiger partial charge in [-0.05, 0) is 104 Å². The number of benzene rings is 7.